The minimum atomic E-state index is -0.906. The molecule has 1 saturated carbocycles. The van der Waals surface area contributed by atoms with Crippen LogP contribution in [0.2, 0.25) is 0 Å². The van der Waals surface area contributed by atoms with E-state index in [4.69, 9.17) is 4.42 Å². The van der Waals surface area contributed by atoms with Gasteiger partial charge in [-0.1, -0.05) is 51.0 Å². The summed E-state index contributed by atoms with van der Waals surface area (Å²) in [6.45, 7) is 5.66. The third-order valence-electron chi connectivity index (χ3n) is 6.54. The molecule has 1 fully saturated rings. The predicted octanol–water partition coefficient (Wildman–Crippen LogP) is 5.81. The number of benzene rings is 2. The molecule has 0 spiro atoms. The zero-order valence-corrected chi connectivity index (χ0v) is 21.0. The van der Waals surface area contributed by atoms with Gasteiger partial charge >= 0.3 is 0 Å². The first-order valence-corrected chi connectivity index (χ1v) is 12.5. The van der Waals surface area contributed by atoms with Crippen molar-refractivity contribution < 1.29 is 18.8 Å². The Kier molecular flexibility index (Phi) is 7.88. The number of carbonyl (C=O) groups excluding carboxylic acids is 3. The highest BCUT2D eigenvalue weighted by Crippen LogP contribution is 2.32. The molecule has 7 heteroatoms. The van der Waals surface area contributed by atoms with Crippen molar-refractivity contribution in [3.63, 3.8) is 0 Å². The van der Waals surface area contributed by atoms with Crippen molar-refractivity contribution in [2.75, 3.05) is 10.2 Å². The van der Waals surface area contributed by atoms with Crippen LogP contribution in [0.25, 0.3) is 0 Å². The SMILES string of the molecule is CC(=O)Nc1ccc(N(C(=O)c2ccco2)C(C(=O)NC2CCCC2)c2ccc(C(C)C)cc2)cc1. The Hall–Kier alpha value is -3.87. The van der Waals surface area contributed by atoms with Crippen LogP contribution in [0.1, 0.15) is 80.1 Å². The van der Waals surface area contributed by atoms with Gasteiger partial charge in [0.05, 0.1) is 6.26 Å². The van der Waals surface area contributed by atoms with Gasteiger partial charge in [-0.3, -0.25) is 19.3 Å². The van der Waals surface area contributed by atoms with E-state index in [0.717, 1.165) is 31.2 Å². The van der Waals surface area contributed by atoms with E-state index in [9.17, 15) is 14.4 Å². The van der Waals surface area contributed by atoms with Gasteiger partial charge in [0.25, 0.3) is 5.91 Å². The monoisotopic (exact) mass is 487 g/mol. The first kappa shape index (κ1) is 25.2. The highest BCUT2D eigenvalue weighted by Gasteiger charge is 2.35. The van der Waals surface area contributed by atoms with E-state index >= 15 is 0 Å². The van der Waals surface area contributed by atoms with Gasteiger partial charge in [-0.15, -0.1) is 0 Å². The number of anilines is 2. The molecule has 0 bridgehead atoms. The molecule has 2 N–H and O–H groups in total. The van der Waals surface area contributed by atoms with Crippen LogP contribution in [0.15, 0.2) is 71.3 Å². The van der Waals surface area contributed by atoms with Gasteiger partial charge < -0.3 is 15.1 Å². The van der Waals surface area contributed by atoms with E-state index in [0.29, 0.717) is 22.9 Å². The summed E-state index contributed by atoms with van der Waals surface area (Å²) in [5.74, 6) is -0.368. The van der Waals surface area contributed by atoms with Crippen molar-refractivity contribution in [3.8, 4) is 0 Å². The number of hydrogen-bond acceptors (Lipinski definition) is 4. The van der Waals surface area contributed by atoms with Crippen molar-refractivity contribution in [1.82, 2.24) is 5.32 Å². The maximum Gasteiger partial charge on any atom is 0.294 e. The molecular weight excluding hydrogens is 454 g/mol. The second-order valence-corrected chi connectivity index (χ2v) is 9.59. The van der Waals surface area contributed by atoms with Crippen LogP contribution in [0, 0.1) is 0 Å². The molecule has 0 saturated heterocycles. The number of amides is 3. The second kappa shape index (κ2) is 11.2. The molecule has 1 unspecified atom stereocenters. The normalized spacial score (nSPS) is 14.4. The van der Waals surface area contributed by atoms with Crippen LogP contribution in [-0.4, -0.2) is 23.8 Å². The Morgan fingerprint density at radius 2 is 1.56 bits per heavy atom. The third-order valence-corrected chi connectivity index (χ3v) is 6.54. The second-order valence-electron chi connectivity index (χ2n) is 9.59. The van der Waals surface area contributed by atoms with E-state index in [1.54, 1.807) is 36.4 Å². The maximum atomic E-state index is 13.8. The lowest BCUT2D eigenvalue weighted by Crippen LogP contribution is -2.46. The van der Waals surface area contributed by atoms with E-state index in [1.807, 2.05) is 24.3 Å². The first-order chi connectivity index (χ1) is 17.3. The molecule has 1 heterocycles. The average Bonchev–Trinajstić information content (AvgIpc) is 3.57. The minimum Gasteiger partial charge on any atom is -0.459 e. The Labute approximate surface area is 211 Å². The average molecular weight is 488 g/mol. The van der Waals surface area contributed by atoms with Crippen molar-refractivity contribution in [3.05, 3.63) is 83.8 Å². The lowest BCUT2D eigenvalue weighted by molar-refractivity contribution is -0.123. The summed E-state index contributed by atoms with van der Waals surface area (Å²) in [7, 11) is 0. The summed E-state index contributed by atoms with van der Waals surface area (Å²) in [5.41, 5.74) is 2.98. The molecule has 36 heavy (non-hydrogen) atoms. The Morgan fingerprint density at radius 3 is 2.11 bits per heavy atom. The van der Waals surface area contributed by atoms with E-state index < -0.39 is 11.9 Å². The van der Waals surface area contributed by atoms with E-state index in [-0.39, 0.29) is 23.6 Å². The fraction of sp³-hybridized carbons (Fsp3) is 0.345. The summed E-state index contributed by atoms with van der Waals surface area (Å²) in [4.78, 5) is 40.6. The zero-order chi connectivity index (χ0) is 25.7. The molecule has 1 aliphatic rings. The zero-order valence-electron chi connectivity index (χ0n) is 21.0. The number of rotatable bonds is 8. The summed E-state index contributed by atoms with van der Waals surface area (Å²) in [5, 5.41) is 5.92. The molecular formula is C29H33N3O4. The highest BCUT2D eigenvalue weighted by molar-refractivity contribution is 6.08. The summed E-state index contributed by atoms with van der Waals surface area (Å²) in [6, 6.07) is 17.2. The fourth-order valence-corrected chi connectivity index (χ4v) is 4.64. The van der Waals surface area contributed by atoms with E-state index in [1.165, 1.54) is 18.1 Å². The van der Waals surface area contributed by atoms with E-state index in [2.05, 4.69) is 24.5 Å². The van der Waals surface area contributed by atoms with Gasteiger partial charge in [0, 0.05) is 24.3 Å². The molecule has 1 aromatic heterocycles. The lowest BCUT2D eigenvalue weighted by Gasteiger charge is -2.32. The number of nitrogens with one attached hydrogen (secondary N) is 2. The predicted molar refractivity (Wildman–Crippen MR) is 140 cm³/mol. The number of nitrogens with zero attached hydrogens (tertiary/aromatic N) is 1. The Bertz CT molecular complexity index is 1180. The highest BCUT2D eigenvalue weighted by atomic mass is 16.3. The molecule has 7 nitrogen and oxygen atoms in total. The van der Waals surface area contributed by atoms with Gasteiger partial charge in [-0.05, 0) is 66.3 Å². The smallest absolute Gasteiger partial charge is 0.294 e. The number of carbonyl (C=O) groups is 3. The summed E-state index contributed by atoms with van der Waals surface area (Å²) < 4.78 is 5.44. The van der Waals surface area contributed by atoms with Crippen molar-refractivity contribution >= 4 is 29.1 Å². The van der Waals surface area contributed by atoms with Crippen molar-refractivity contribution in [1.29, 1.82) is 0 Å². The molecule has 0 radical (unpaired) electrons. The van der Waals surface area contributed by atoms with Gasteiger partial charge in [0.1, 0.15) is 6.04 Å². The standard InChI is InChI=1S/C29H33N3O4/c1-19(2)21-10-12-22(13-11-21)27(28(34)31-23-7-4-5-8-23)32(29(35)26-9-6-18-36-26)25-16-14-24(15-17-25)30-20(3)33/h6,9-19,23,27H,4-5,7-8H2,1-3H3,(H,30,33)(H,31,34). The number of furan rings is 1. The third kappa shape index (κ3) is 5.85. The Morgan fingerprint density at radius 1 is 0.917 bits per heavy atom. The largest absolute Gasteiger partial charge is 0.459 e. The molecule has 3 amide bonds. The van der Waals surface area contributed by atoms with Crippen molar-refractivity contribution in [2.45, 2.75) is 64.5 Å². The molecule has 1 atom stereocenters. The van der Waals surface area contributed by atoms with Crippen LogP contribution in [-0.2, 0) is 9.59 Å². The molecule has 1 aliphatic carbocycles. The van der Waals surface area contributed by atoms with Crippen LogP contribution >= 0.6 is 0 Å². The summed E-state index contributed by atoms with van der Waals surface area (Å²) >= 11 is 0. The van der Waals surface area contributed by atoms with Gasteiger partial charge in [-0.2, -0.15) is 0 Å². The van der Waals surface area contributed by atoms with Gasteiger partial charge in [0.2, 0.25) is 11.8 Å². The van der Waals surface area contributed by atoms with Gasteiger partial charge in [-0.25, -0.2) is 0 Å². The van der Waals surface area contributed by atoms with Crippen LogP contribution in [0.5, 0.6) is 0 Å². The topological polar surface area (TPSA) is 91.7 Å². The van der Waals surface area contributed by atoms with Crippen LogP contribution in [0.4, 0.5) is 11.4 Å². The first-order valence-electron chi connectivity index (χ1n) is 12.5. The fourth-order valence-electron chi connectivity index (χ4n) is 4.64. The number of hydrogen-bond donors (Lipinski definition) is 2. The summed E-state index contributed by atoms with van der Waals surface area (Å²) in [6.07, 6.45) is 5.47. The quantitative estimate of drug-likeness (QED) is 0.420. The van der Waals surface area contributed by atoms with Crippen molar-refractivity contribution in [2.24, 2.45) is 0 Å². The molecule has 2 aromatic carbocycles. The molecule has 3 aromatic rings. The maximum absolute atomic E-state index is 13.8. The lowest BCUT2D eigenvalue weighted by atomic mass is 9.97. The van der Waals surface area contributed by atoms with Gasteiger partial charge in [0.15, 0.2) is 5.76 Å². The molecule has 0 aliphatic heterocycles. The van der Waals surface area contributed by atoms with Crippen LogP contribution in [0.3, 0.4) is 0 Å². The molecule has 4 rings (SSSR count). The Balaban J connectivity index is 1.78. The van der Waals surface area contributed by atoms with Crippen LogP contribution < -0.4 is 15.5 Å². The molecule has 188 valence electrons. The minimum absolute atomic E-state index is 0.0950.